The number of rotatable bonds is 6. The molecular weight excluding hydrogens is 329 g/mol. The summed E-state index contributed by atoms with van der Waals surface area (Å²) in [6.07, 6.45) is 8.60. The Morgan fingerprint density at radius 1 is 1.29 bits per heavy atom. The molecule has 1 fully saturated rings. The maximum atomic E-state index is 13.5. The Hall–Kier alpha value is -0.410. The molecule has 0 heterocycles. The van der Waals surface area contributed by atoms with Crippen molar-refractivity contribution in [1.82, 2.24) is 5.32 Å². The largest absolute Gasteiger partial charge is 0.313 e. The summed E-state index contributed by atoms with van der Waals surface area (Å²) in [4.78, 5) is 0. The monoisotopic (exact) mass is 355 g/mol. The van der Waals surface area contributed by atoms with Gasteiger partial charge in [0, 0.05) is 10.5 Å². The minimum atomic E-state index is -0.142. The molecule has 1 aliphatic carbocycles. The van der Waals surface area contributed by atoms with Crippen molar-refractivity contribution in [1.29, 1.82) is 0 Å². The van der Waals surface area contributed by atoms with Crippen LogP contribution in [0.1, 0.15) is 57.9 Å². The number of hydrogen-bond acceptors (Lipinski definition) is 1. The normalized spacial score (nSPS) is 19.4. The molecule has 1 N–H and O–H groups in total. The first-order valence-electron chi connectivity index (χ1n) is 8.22. The van der Waals surface area contributed by atoms with E-state index in [0.717, 1.165) is 29.4 Å². The van der Waals surface area contributed by atoms with Crippen LogP contribution in [0.3, 0.4) is 0 Å². The first-order valence-corrected chi connectivity index (χ1v) is 9.02. The van der Waals surface area contributed by atoms with Gasteiger partial charge in [0.25, 0.3) is 0 Å². The molecule has 1 aliphatic rings. The van der Waals surface area contributed by atoms with Crippen LogP contribution >= 0.6 is 15.9 Å². The van der Waals surface area contributed by atoms with Crippen molar-refractivity contribution in [2.45, 2.75) is 64.8 Å². The topological polar surface area (TPSA) is 12.0 Å². The quantitative estimate of drug-likeness (QED) is 0.713. The van der Waals surface area contributed by atoms with Crippen molar-refractivity contribution in [2.24, 2.45) is 5.41 Å². The van der Waals surface area contributed by atoms with E-state index in [2.05, 4.69) is 35.1 Å². The molecule has 21 heavy (non-hydrogen) atoms. The van der Waals surface area contributed by atoms with Gasteiger partial charge in [0.1, 0.15) is 5.82 Å². The molecule has 118 valence electrons. The Morgan fingerprint density at radius 2 is 2.00 bits per heavy atom. The van der Waals surface area contributed by atoms with Crippen molar-refractivity contribution < 1.29 is 4.39 Å². The second-order valence-corrected chi connectivity index (χ2v) is 7.52. The summed E-state index contributed by atoms with van der Waals surface area (Å²) < 4.78 is 14.6. The maximum absolute atomic E-state index is 13.5. The fourth-order valence-corrected chi connectivity index (χ4v) is 3.92. The van der Waals surface area contributed by atoms with Crippen molar-refractivity contribution >= 4 is 15.9 Å². The molecule has 1 atom stereocenters. The lowest BCUT2D eigenvalue weighted by Crippen LogP contribution is -2.46. The van der Waals surface area contributed by atoms with Gasteiger partial charge in [0.15, 0.2) is 0 Å². The first-order chi connectivity index (χ1) is 10.0. The summed E-state index contributed by atoms with van der Waals surface area (Å²) in [5, 5.41) is 3.73. The van der Waals surface area contributed by atoms with Crippen LogP contribution in [0.5, 0.6) is 0 Å². The van der Waals surface area contributed by atoms with Gasteiger partial charge in [-0.3, -0.25) is 0 Å². The Kier molecular flexibility index (Phi) is 6.24. The molecule has 0 aliphatic heterocycles. The average molecular weight is 356 g/mol. The molecule has 1 saturated carbocycles. The van der Waals surface area contributed by atoms with E-state index in [1.807, 2.05) is 6.07 Å². The number of benzene rings is 1. The van der Waals surface area contributed by atoms with E-state index < -0.39 is 0 Å². The second kappa shape index (κ2) is 7.73. The summed E-state index contributed by atoms with van der Waals surface area (Å²) in [7, 11) is 0. The van der Waals surface area contributed by atoms with Gasteiger partial charge >= 0.3 is 0 Å². The van der Waals surface area contributed by atoms with Crippen LogP contribution in [-0.4, -0.2) is 12.6 Å². The van der Waals surface area contributed by atoms with Crippen LogP contribution in [0.2, 0.25) is 0 Å². The van der Waals surface area contributed by atoms with Crippen LogP contribution in [-0.2, 0) is 6.42 Å². The predicted octanol–water partition coefficient (Wildman–Crippen LogP) is 5.47. The van der Waals surface area contributed by atoms with E-state index >= 15 is 0 Å². The summed E-state index contributed by atoms with van der Waals surface area (Å²) >= 11 is 3.57. The van der Waals surface area contributed by atoms with Crippen molar-refractivity contribution in [2.75, 3.05) is 6.54 Å². The fourth-order valence-electron chi connectivity index (χ4n) is 3.51. The van der Waals surface area contributed by atoms with Gasteiger partial charge in [-0.05, 0) is 61.4 Å². The molecule has 0 radical (unpaired) electrons. The molecule has 3 heteroatoms. The predicted molar refractivity (Wildman–Crippen MR) is 91.1 cm³/mol. The number of nitrogens with one attached hydrogen (secondary N) is 1. The van der Waals surface area contributed by atoms with Crippen molar-refractivity contribution in [3.05, 3.63) is 34.1 Å². The summed E-state index contributed by atoms with van der Waals surface area (Å²) in [6, 6.07) is 5.45. The Morgan fingerprint density at radius 3 is 2.67 bits per heavy atom. The molecule has 2 rings (SSSR count). The summed E-state index contributed by atoms with van der Waals surface area (Å²) in [5.74, 6) is -0.142. The van der Waals surface area contributed by atoms with Gasteiger partial charge in [-0.25, -0.2) is 4.39 Å². The highest BCUT2D eigenvalue weighted by molar-refractivity contribution is 9.10. The SMILES string of the molecule is CCCNC(Cc1cc(F)ccc1Br)C1(C)CCCCC1. The van der Waals surface area contributed by atoms with Crippen molar-refractivity contribution in [3.8, 4) is 0 Å². The second-order valence-electron chi connectivity index (χ2n) is 6.66. The molecule has 1 nitrogen and oxygen atoms in total. The molecule has 0 spiro atoms. The molecule has 0 bridgehead atoms. The lowest BCUT2D eigenvalue weighted by atomic mass is 9.69. The van der Waals surface area contributed by atoms with E-state index in [1.165, 1.54) is 38.2 Å². The van der Waals surface area contributed by atoms with Gasteiger partial charge in [-0.1, -0.05) is 49.0 Å². The molecule has 0 amide bonds. The number of halogens is 2. The van der Waals surface area contributed by atoms with Gasteiger partial charge in [-0.15, -0.1) is 0 Å². The Labute approximate surface area is 136 Å². The highest BCUT2D eigenvalue weighted by atomic mass is 79.9. The minimum absolute atomic E-state index is 0.142. The van der Waals surface area contributed by atoms with E-state index in [1.54, 1.807) is 6.07 Å². The third-order valence-electron chi connectivity index (χ3n) is 4.91. The van der Waals surface area contributed by atoms with Crippen LogP contribution in [0.4, 0.5) is 4.39 Å². The average Bonchev–Trinajstić information content (AvgIpc) is 2.47. The Bertz CT molecular complexity index is 455. The van der Waals surface area contributed by atoms with Crippen molar-refractivity contribution in [3.63, 3.8) is 0 Å². The Balaban J connectivity index is 2.17. The zero-order valence-corrected chi connectivity index (χ0v) is 14.8. The van der Waals surface area contributed by atoms with Gasteiger partial charge in [0.2, 0.25) is 0 Å². The smallest absolute Gasteiger partial charge is 0.123 e. The molecule has 1 aromatic rings. The van der Waals surface area contributed by atoms with Gasteiger partial charge in [0.05, 0.1) is 0 Å². The minimum Gasteiger partial charge on any atom is -0.313 e. The molecule has 1 aromatic carbocycles. The van der Waals surface area contributed by atoms with E-state index in [4.69, 9.17) is 0 Å². The van der Waals surface area contributed by atoms with Crippen LogP contribution < -0.4 is 5.32 Å². The molecule has 0 aromatic heterocycles. The third kappa shape index (κ3) is 4.53. The molecule has 0 saturated heterocycles. The van der Waals surface area contributed by atoms with Gasteiger partial charge < -0.3 is 5.32 Å². The highest BCUT2D eigenvalue weighted by Crippen LogP contribution is 2.40. The molecular formula is C18H27BrFN. The highest BCUT2D eigenvalue weighted by Gasteiger charge is 2.35. The standard InChI is InChI=1S/C18H27BrFN/c1-3-11-21-17(18(2)9-5-4-6-10-18)13-14-12-15(20)7-8-16(14)19/h7-8,12,17,21H,3-6,9-11,13H2,1-2H3. The summed E-state index contributed by atoms with van der Waals surface area (Å²) in [5.41, 5.74) is 1.41. The first kappa shape index (κ1) is 17.0. The zero-order chi connectivity index (χ0) is 15.3. The van der Waals surface area contributed by atoms with E-state index in [0.29, 0.717) is 11.5 Å². The van der Waals surface area contributed by atoms with Gasteiger partial charge in [-0.2, -0.15) is 0 Å². The van der Waals surface area contributed by atoms with E-state index in [9.17, 15) is 4.39 Å². The maximum Gasteiger partial charge on any atom is 0.123 e. The fraction of sp³-hybridized carbons (Fsp3) is 0.667. The van der Waals surface area contributed by atoms with Crippen LogP contribution in [0.25, 0.3) is 0 Å². The lowest BCUT2D eigenvalue weighted by Gasteiger charge is -2.41. The van der Waals surface area contributed by atoms with Crippen LogP contribution in [0, 0.1) is 11.2 Å². The van der Waals surface area contributed by atoms with Crippen LogP contribution in [0.15, 0.2) is 22.7 Å². The van der Waals surface area contributed by atoms with E-state index in [-0.39, 0.29) is 5.82 Å². The zero-order valence-electron chi connectivity index (χ0n) is 13.2. The number of hydrogen-bond donors (Lipinski definition) is 1. The third-order valence-corrected chi connectivity index (χ3v) is 5.68. The lowest BCUT2D eigenvalue weighted by molar-refractivity contribution is 0.143. The molecule has 1 unspecified atom stereocenters. The summed E-state index contributed by atoms with van der Waals surface area (Å²) in [6.45, 7) is 5.64.